The van der Waals surface area contributed by atoms with Crippen LogP contribution in [0.15, 0.2) is 63.6 Å². The van der Waals surface area contributed by atoms with Crippen molar-refractivity contribution in [1.29, 1.82) is 5.26 Å². The Morgan fingerprint density at radius 2 is 1.96 bits per heavy atom. The molecule has 4 nitrogen and oxygen atoms in total. The normalized spacial score (nSPS) is 24.8. The molecule has 0 fully saturated rings. The highest BCUT2D eigenvalue weighted by atomic mass is 79.9. The summed E-state index contributed by atoms with van der Waals surface area (Å²) in [6.45, 7) is 0. The first-order valence-electron chi connectivity index (χ1n) is 7.72. The van der Waals surface area contributed by atoms with Crippen molar-refractivity contribution in [2.45, 2.75) is 11.2 Å². The molecule has 0 unspecified atom stereocenters. The van der Waals surface area contributed by atoms with Crippen LogP contribution in [-0.4, -0.2) is 5.97 Å². The molecular formula is C19H13BrN2O2S. The zero-order valence-corrected chi connectivity index (χ0v) is 15.4. The predicted octanol–water partition coefficient (Wildman–Crippen LogP) is 4.25. The smallest absolute Gasteiger partial charge is 0.316 e. The Morgan fingerprint density at radius 3 is 2.68 bits per heavy atom. The maximum absolute atomic E-state index is 12.8. The lowest BCUT2D eigenvalue weighted by molar-refractivity contribution is -0.140. The number of carbonyl (C=O) groups excluding carboxylic acids is 1. The first-order chi connectivity index (χ1) is 12.1. The van der Waals surface area contributed by atoms with Gasteiger partial charge in [0.05, 0.1) is 27.8 Å². The summed E-state index contributed by atoms with van der Waals surface area (Å²) in [5.74, 6) is -0.712. The van der Waals surface area contributed by atoms with Crippen molar-refractivity contribution < 1.29 is 9.53 Å². The molecule has 25 heavy (non-hydrogen) atoms. The maximum atomic E-state index is 12.8. The van der Waals surface area contributed by atoms with Crippen LogP contribution in [-0.2, 0) is 4.79 Å². The van der Waals surface area contributed by atoms with Crippen LogP contribution in [0.5, 0.6) is 5.75 Å². The lowest BCUT2D eigenvalue weighted by atomic mass is 9.75. The first kappa shape index (κ1) is 16.2. The van der Waals surface area contributed by atoms with Gasteiger partial charge < -0.3 is 10.5 Å². The van der Waals surface area contributed by atoms with Crippen LogP contribution < -0.4 is 10.5 Å². The highest BCUT2D eigenvalue weighted by Crippen LogP contribution is 2.56. The molecule has 2 aromatic carbocycles. The first-order valence-corrected chi connectivity index (χ1v) is 9.40. The summed E-state index contributed by atoms with van der Waals surface area (Å²) in [6.07, 6.45) is 0. The Balaban J connectivity index is 1.93. The Hall–Kier alpha value is -2.23. The summed E-state index contributed by atoms with van der Waals surface area (Å²) in [5.41, 5.74) is 8.48. The van der Waals surface area contributed by atoms with Crippen molar-refractivity contribution in [2.75, 3.05) is 0 Å². The number of esters is 1. The third-order valence-corrected chi connectivity index (χ3v) is 6.34. The van der Waals surface area contributed by atoms with Crippen molar-refractivity contribution in [3.05, 3.63) is 74.7 Å². The quantitative estimate of drug-likeness (QED) is 0.559. The van der Waals surface area contributed by atoms with E-state index in [2.05, 4.69) is 22.0 Å². The van der Waals surface area contributed by atoms with Gasteiger partial charge in [-0.15, -0.1) is 0 Å². The molecule has 0 bridgehead atoms. The molecule has 4 rings (SSSR count). The monoisotopic (exact) mass is 412 g/mol. The summed E-state index contributed by atoms with van der Waals surface area (Å²) in [6, 6.07) is 17.4. The van der Waals surface area contributed by atoms with Crippen molar-refractivity contribution in [1.82, 2.24) is 0 Å². The van der Waals surface area contributed by atoms with E-state index in [-0.39, 0.29) is 11.2 Å². The molecule has 2 heterocycles. The number of halogens is 1. The van der Waals surface area contributed by atoms with Crippen LogP contribution in [0.2, 0.25) is 0 Å². The SMILES string of the molecule is N#CC1=C(N)S[C@H](c2ccccc2)[C@H]2C(=O)Oc3ccc(Br)cc3[C@@H]12. The highest BCUT2D eigenvalue weighted by Gasteiger charge is 2.49. The van der Waals surface area contributed by atoms with Gasteiger partial charge in [0.25, 0.3) is 0 Å². The topological polar surface area (TPSA) is 76.1 Å². The second-order valence-electron chi connectivity index (χ2n) is 5.95. The minimum absolute atomic E-state index is 0.192. The number of allylic oxidation sites excluding steroid dienone is 1. The molecule has 0 radical (unpaired) electrons. The Kier molecular flexibility index (Phi) is 4.06. The van der Waals surface area contributed by atoms with Crippen LogP contribution in [0, 0.1) is 17.2 Å². The van der Waals surface area contributed by atoms with Crippen LogP contribution in [0.3, 0.4) is 0 Å². The van der Waals surface area contributed by atoms with E-state index in [9.17, 15) is 10.1 Å². The molecule has 124 valence electrons. The fraction of sp³-hybridized carbons (Fsp3) is 0.158. The second kappa shape index (κ2) is 6.25. The number of hydrogen-bond acceptors (Lipinski definition) is 5. The van der Waals surface area contributed by atoms with Crippen molar-refractivity contribution in [2.24, 2.45) is 11.7 Å². The summed E-state index contributed by atoms with van der Waals surface area (Å²) in [5, 5.41) is 9.95. The molecular weight excluding hydrogens is 400 g/mol. The Morgan fingerprint density at radius 1 is 1.20 bits per heavy atom. The number of nitriles is 1. The van der Waals surface area contributed by atoms with Gasteiger partial charge in [0.1, 0.15) is 5.75 Å². The van der Waals surface area contributed by atoms with Crippen molar-refractivity contribution >= 4 is 33.7 Å². The molecule has 3 atom stereocenters. The van der Waals surface area contributed by atoms with Gasteiger partial charge in [0, 0.05) is 16.0 Å². The van der Waals surface area contributed by atoms with E-state index < -0.39 is 11.8 Å². The van der Waals surface area contributed by atoms with E-state index >= 15 is 0 Å². The highest BCUT2D eigenvalue weighted by molar-refractivity contribution is 9.10. The standard InChI is InChI=1S/C19H13BrN2O2S/c20-11-6-7-14-12(8-11)15-13(9-21)18(22)25-17(16(15)19(23)24-14)10-4-2-1-3-5-10/h1-8,15-17H,22H2/t15-,16-,17+/m0/s1. The molecule has 6 heteroatoms. The number of fused-ring (bicyclic) bond motifs is 3. The Bertz CT molecular complexity index is 936. The van der Waals surface area contributed by atoms with Gasteiger partial charge in [-0.1, -0.05) is 58.0 Å². The number of rotatable bonds is 1. The van der Waals surface area contributed by atoms with E-state index in [1.807, 2.05) is 42.5 Å². The van der Waals surface area contributed by atoms with Gasteiger partial charge in [-0.25, -0.2) is 0 Å². The number of nitrogens with zero attached hydrogens (tertiary/aromatic N) is 1. The molecule has 0 saturated heterocycles. The zero-order chi connectivity index (χ0) is 17.6. The summed E-state index contributed by atoms with van der Waals surface area (Å²) in [4.78, 5) is 12.8. The molecule has 2 N–H and O–H groups in total. The predicted molar refractivity (Wildman–Crippen MR) is 99.6 cm³/mol. The maximum Gasteiger partial charge on any atom is 0.316 e. The van der Waals surface area contributed by atoms with Crippen LogP contribution in [0.25, 0.3) is 0 Å². The lowest BCUT2D eigenvalue weighted by Crippen LogP contribution is -2.38. The van der Waals surface area contributed by atoms with Crippen LogP contribution in [0.1, 0.15) is 22.3 Å². The number of thioether (sulfide) groups is 1. The Labute approximate surface area is 157 Å². The zero-order valence-electron chi connectivity index (χ0n) is 13.0. The molecule has 0 aliphatic carbocycles. The summed E-state index contributed by atoms with van der Waals surface area (Å²) < 4.78 is 6.46. The van der Waals surface area contributed by atoms with E-state index in [0.717, 1.165) is 15.6 Å². The minimum atomic E-state index is -0.490. The fourth-order valence-electron chi connectivity index (χ4n) is 3.46. The van der Waals surface area contributed by atoms with E-state index in [1.165, 1.54) is 11.8 Å². The van der Waals surface area contributed by atoms with Gasteiger partial charge in [-0.05, 0) is 23.8 Å². The third kappa shape index (κ3) is 2.64. The lowest BCUT2D eigenvalue weighted by Gasteiger charge is -2.39. The van der Waals surface area contributed by atoms with Gasteiger partial charge in [0.2, 0.25) is 0 Å². The number of carbonyl (C=O) groups is 1. The summed E-state index contributed by atoms with van der Waals surface area (Å²) in [7, 11) is 0. The minimum Gasteiger partial charge on any atom is -0.426 e. The van der Waals surface area contributed by atoms with Crippen LogP contribution >= 0.6 is 27.7 Å². The van der Waals surface area contributed by atoms with Crippen molar-refractivity contribution in [3.8, 4) is 11.8 Å². The van der Waals surface area contributed by atoms with Crippen LogP contribution in [0.4, 0.5) is 0 Å². The summed E-state index contributed by atoms with van der Waals surface area (Å²) >= 11 is 4.83. The van der Waals surface area contributed by atoms with Gasteiger partial charge >= 0.3 is 5.97 Å². The average molecular weight is 413 g/mol. The second-order valence-corrected chi connectivity index (χ2v) is 8.04. The largest absolute Gasteiger partial charge is 0.426 e. The number of nitrogens with two attached hydrogens (primary N) is 1. The van der Waals surface area contributed by atoms with E-state index in [4.69, 9.17) is 10.5 Å². The average Bonchev–Trinajstić information content (AvgIpc) is 2.62. The fourth-order valence-corrected chi connectivity index (χ4v) is 5.12. The molecule has 0 saturated carbocycles. The number of hydrogen-bond donors (Lipinski definition) is 1. The molecule has 2 aromatic rings. The van der Waals surface area contributed by atoms with Gasteiger partial charge in [-0.2, -0.15) is 5.26 Å². The molecule has 2 aliphatic heterocycles. The van der Waals surface area contributed by atoms with E-state index in [1.54, 1.807) is 6.07 Å². The molecule has 0 aromatic heterocycles. The third-order valence-electron chi connectivity index (χ3n) is 4.55. The van der Waals surface area contributed by atoms with Gasteiger partial charge in [0.15, 0.2) is 0 Å². The molecule has 2 aliphatic rings. The van der Waals surface area contributed by atoms with E-state index in [0.29, 0.717) is 16.4 Å². The molecule has 0 amide bonds. The van der Waals surface area contributed by atoms with Crippen molar-refractivity contribution in [3.63, 3.8) is 0 Å². The number of benzene rings is 2. The molecule has 0 spiro atoms. The number of ether oxygens (including phenoxy) is 1. The van der Waals surface area contributed by atoms with Gasteiger partial charge in [-0.3, -0.25) is 4.79 Å².